The van der Waals surface area contributed by atoms with Gasteiger partial charge in [-0.25, -0.2) is 4.98 Å². The highest BCUT2D eigenvalue weighted by Gasteiger charge is 2.20. The van der Waals surface area contributed by atoms with Crippen molar-refractivity contribution in [3.8, 4) is 5.75 Å². The van der Waals surface area contributed by atoms with Gasteiger partial charge in [0.1, 0.15) is 18.2 Å². The molecule has 0 radical (unpaired) electrons. The molecule has 1 amide bonds. The summed E-state index contributed by atoms with van der Waals surface area (Å²) in [5.41, 5.74) is 1.14. The van der Waals surface area contributed by atoms with Crippen LogP contribution in [0.4, 0.5) is 5.13 Å². The summed E-state index contributed by atoms with van der Waals surface area (Å²) in [6.45, 7) is 5.34. The predicted molar refractivity (Wildman–Crippen MR) is 109 cm³/mol. The number of nitrogens with zero attached hydrogens (tertiary/aromatic N) is 4. The lowest BCUT2D eigenvalue weighted by atomic mass is 10.1. The number of aromatic nitrogens is 2. The summed E-state index contributed by atoms with van der Waals surface area (Å²) in [4.78, 5) is 20.8. The van der Waals surface area contributed by atoms with E-state index in [-0.39, 0.29) is 12.5 Å². The first-order valence-electron chi connectivity index (χ1n) is 9.36. The molecule has 1 aromatic heterocycles. The van der Waals surface area contributed by atoms with Crippen LogP contribution in [0.2, 0.25) is 0 Å². The van der Waals surface area contributed by atoms with Crippen molar-refractivity contribution in [2.75, 3.05) is 65.0 Å². The second-order valence-corrected chi connectivity index (χ2v) is 7.36. The van der Waals surface area contributed by atoms with Gasteiger partial charge in [0, 0.05) is 64.3 Å². The van der Waals surface area contributed by atoms with E-state index in [2.05, 4.69) is 25.6 Å². The second kappa shape index (κ2) is 10.4. The van der Waals surface area contributed by atoms with E-state index in [1.54, 1.807) is 7.11 Å². The zero-order valence-corrected chi connectivity index (χ0v) is 17.2. The molecule has 0 atom stereocenters. The molecule has 2 aromatic rings. The Hall–Kier alpha value is -2.23. The van der Waals surface area contributed by atoms with Crippen LogP contribution in [-0.2, 0) is 16.0 Å². The highest BCUT2D eigenvalue weighted by molar-refractivity contribution is 7.09. The molecule has 9 heteroatoms. The van der Waals surface area contributed by atoms with Gasteiger partial charge in [-0.05, 0) is 17.7 Å². The Morgan fingerprint density at radius 1 is 1.25 bits per heavy atom. The molecule has 152 valence electrons. The van der Waals surface area contributed by atoms with Crippen LogP contribution in [0.3, 0.4) is 0 Å². The maximum absolute atomic E-state index is 11.4. The van der Waals surface area contributed by atoms with Crippen molar-refractivity contribution in [1.29, 1.82) is 0 Å². The quantitative estimate of drug-likeness (QED) is 0.667. The standard InChI is InChI=1S/C19H27N5O3S/c1-26-14-18(25)20-6-7-23-8-10-24(11-9-23)19-21-17(22-28-19)13-15-4-3-5-16(12-15)27-2/h3-5,12H,6-11,13-14H2,1-2H3,(H,20,25). The summed E-state index contributed by atoms with van der Waals surface area (Å²) in [6.07, 6.45) is 0.703. The van der Waals surface area contributed by atoms with E-state index in [1.807, 2.05) is 18.2 Å². The summed E-state index contributed by atoms with van der Waals surface area (Å²) in [7, 11) is 3.19. The molecular formula is C19H27N5O3S. The Kier molecular flexibility index (Phi) is 7.58. The van der Waals surface area contributed by atoms with Crippen molar-refractivity contribution in [2.24, 2.45) is 0 Å². The molecule has 1 aliphatic heterocycles. The minimum atomic E-state index is -0.0708. The normalized spacial score (nSPS) is 14.9. The third-order valence-electron chi connectivity index (χ3n) is 4.62. The Morgan fingerprint density at radius 3 is 2.82 bits per heavy atom. The number of anilines is 1. The van der Waals surface area contributed by atoms with Gasteiger partial charge in [-0.2, -0.15) is 4.37 Å². The number of methoxy groups -OCH3 is 2. The molecule has 1 aliphatic rings. The van der Waals surface area contributed by atoms with Crippen molar-refractivity contribution in [1.82, 2.24) is 19.6 Å². The van der Waals surface area contributed by atoms with Gasteiger partial charge in [0.25, 0.3) is 0 Å². The number of piperazine rings is 1. The number of benzene rings is 1. The van der Waals surface area contributed by atoms with Crippen LogP contribution in [0.5, 0.6) is 5.75 Å². The van der Waals surface area contributed by atoms with Gasteiger partial charge in [-0.1, -0.05) is 12.1 Å². The number of carbonyl (C=O) groups is 1. The van der Waals surface area contributed by atoms with E-state index >= 15 is 0 Å². The van der Waals surface area contributed by atoms with Crippen LogP contribution in [-0.4, -0.2) is 80.3 Å². The molecule has 0 unspecified atom stereocenters. The van der Waals surface area contributed by atoms with E-state index in [0.717, 1.165) is 55.0 Å². The van der Waals surface area contributed by atoms with Crippen molar-refractivity contribution in [2.45, 2.75) is 6.42 Å². The smallest absolute Gasteiger partial charge is 0.246 e. The monoisotopic (exact) mass is 405 g/mol. The maximum atomic E-state index is 11.4. The largest absolute Gasteiger partial charge is 0.497 e. The molecule has 1 aromatic carbocycles. The van der Waals surface area contributed by atoms with Crippen LogP contribution >= 0.6 is 11.5 Å². The molecule has 28 heavy (non-hydrogen) atoms. The molecule has 1 N–H and O–H groups in total. The number of nitrogens with one attached hydrogen (secondary N) is 1. The Bertz CT molecular complexity index is 762. The van der Waals surface area contributed by atoms with Gasteiger partial charge >= 0.3 is 0 Å². The van der Waals surface area contributed by atoms with Crippen LogP contribution in [0.25, 0.3) is 0 Å². The lowest BCUT2D eigenvalue weighted by molar-refractivity contribution is -0.124. The molecule has 8 nitrogen and oxygen atoms in total. The summed E-state index contributed by atoms with van der Waals surface area (Å²) >= 11 is 1.46. The van der Waals surface area contributed by atoms with Crippen LogP contribution in [0.1, 0.15) is 11.4 Å². The minimum Gasteiger partial charge on any atom is -0.497 e. The third-order valence-corrected chi connectivity index (χ3v) is 5.44. The fraction of sp³-hybridized carbons (Fsp3) is 0.526. The zero-order valence-electron chi connectivity index (χ0n) is 16.4. The van der Waals surface area contributed by atoms with Crippen molar-refractivity contribution in [3.63, 3.8) is 0 Å². The number of amides is 1. The topological polar surface area (TPSA) is 79.8 Å². The van der Waals surface area contributed by atoms with Crippen LogP contribution < -0.4 is 15.0 Å². The first-order valence-corrected chi connectivity index (χ1v) is 10.1. The Balaban J connectivity index is 1.44. The number of hydrogen-bond acceptors (Lipinski definition) is 8. The number of carbonyl (C=O) groups excluding carboxylic acids is 1. The van der Waals surface area contributed by atoms with Crippen molar-refractivity contribution < 1.29 is 14.3 Å². The van der Waals surface area contributed by atoms with Gasteiger partial charge in [0.15, 0.2) is 0 Å². The first kappa shape index (κ1) is 20.5. The fourth-order valence-corrected chi connectivity index (χ4v) is 3.84. The average molecular weight is 406 g/mol. The predicted octanol–water partition coefficient (Wildman–Crippen LogP) is 1.02. The van der Waals surface area contributed by atoms with E-state index < -0.39 is 0 Å². The molecule has 0 bridgehead atoms. The molecule has 2 heterocycles. The Morgan fingerprint density at radius 2 is 2.07 bits per heavy atom. The molecule has 0 saturated carbocycles. The van der Waals surface area contributed by atoms with E-state index in [1.165, 1.54) is 18.6 Å². The average Bonchev–Trinajstić information content (AvgIpc) is 3.17. The highest BCUT2D eigenvalue weighted by atomic mass is 32.1. The van der Waals surface area contributed by atoms with E-state index in [4.69, 9.17) is 14.5 Å². The number of hydrogen-bond donors (Lipinski definition) is 1. The van der Waals surface area contributed by atoms with Gasteiger partial charge < -0.3 is 19.7 Å². The lowest BCUT2D eigenvalue weighted by Gasteiger charge is -2.34. The van der Waals surface area contributed by atoms with E-state index in [0.29, 0.717) is 13.0 Å². The van der Waals surface area contributed by atoms with Crippen LogP contribution in [0.15, 0.2) is 24.3 Å². The van der Waals surface area contributed by atoms with Crippen molar-refractivity contribution in [3.05, 3.63) is 35.7 Å². The Labute approximate surface area is 169 Å². The molecule has 1 saturated heterocycles. The summed E-state index contributed by atoms with van der Waals surface area (Å²) < 4.78 is 14.6. The maximum Gasteiger partial charge on any atom is 0.246 e. The highest BCUT2D eigenvalue weighted by Crippen LogP contribution is 2.21. The molecular weight excluding hydrogens is 378 g/mol. The van der Waals surface area contributed by atoms with Gasteiger partial charge in [0.2, 0.25) is 11.0 Å². The first-order chi connectivity index (χ1) is 13.7. The zero-order chi connectivity index (χ0) is 19.8. The summed E-state index contributed by atoms with van der Waals surface area (Å²) in [5, 5.41) is 3.84. The molecule has 0 aliphatic carbocycles. The van der Waals surface area contributed by atoms with E-state index in [9.17, 15) is 4.79 Å². The minimum absolute atomic E-state index is 0.0708. The molecule has 3 rings (SSSR count). The fourth-order valence-electron chi connectivity index (χ4n) is 3.11. The summed E-state index contributed by atoms with van der Waals surface area (Å²) in [6, 6.07) is 8.00. The number of rotatable bonds is 9. The lowest BCUT2D eigenvalue weighted by Crippen LogP contribution is -2.48. The summed E-state index contributed by atoms with van der Waals surface area (Å²) in [5.74, 6) is 1.62. The number of ether oxygens (including phenoxy) is 2. The van der Waals surface area contributed by atoms with Gasteiger partial charge in [-0.15, -0.1) is 0 Å². The van der Waals surface area contributed by atoms with Crippen molar-refractivity contribution >= 4 is 22.6 Å². The SMILES string of the molecule is COCC(=O)NCCN1CCN(c2nc(Cc3cccc(OC)c3)ns2)CC1. The molecule has 1 fully saturated rings. The second-order valence-electron chi connectivity index (χ2n) is 6.63. The molecule has 0 spiro atoms. The van der Waals surface area contributed by atoms with Gasteiger partial charge in [-0.3, -0.25) is 9.69 Å². The third kappa shape index (κ3) is 5.88. The van der Waals surface area contributed by atoms with Crippen LogP contribution in [0, 0.1) is 0 Å². The van der Waals surface area contributed by atoms with Gasteiger partial charge in [0.05, 0.1) is 7.11 Å².